The summed E-state index contributed by atoms with van der Waals surface area (Å²) in [7, 11) is 0. The summed E-state index contributed by atoms with van der Waals surface area (Å²) in [5.41, 5.74) is -1.13. The Morgan fingerprint density at radius 3 is 2.04 bits per heavy atom. The van der Waals surface area contributed by atoms with Crippen LogP contribution in [0, 0.1) is 5.41 Å². The van der Waals surface area contributed by atoms with Crippen molar-refractivity contribution in [3.63, 3.8) is 0 Å². The Hall–Kier alpha value is -1.01. The van der Waals surface area contributed by atoms with Gasteiger partial charge in [-0.1, -0.05) is 6.07 Å². The molecule has 2 unspecified atom stereocenters. The van der Waals surface area contributed by atoms with E-state index in [9.17, 15) is 20.4 Å². The van der Waals surface area contributed by atoms with Crippen molar-refractivity contribution in [2.75, 3.05) is 0 Å². The second-order valence-electron chi connectivity index (χ2n) is 7.86. The van der Waals surface area contributed by atoms with Crippen LogP contribution in [-0.4, -0.2) is 37.6 Å². The van der Waals surface area contributed by atoms with Crippen LogP contribution < -0.4 is 0 Å². The zero-order valence-electron chi connectivity index (χ0n) is 13.9. The lowest BCUT2D eigenvalue weighted by Crippen LogP contribution is -2.46. The lowest BCUT2D eigenvalue weighted by Gasteiger charge is -2.45. The third-order valence-electron chi connectivity index (χ3n) is 6.00. The van der Waals surface area contributed by atoms with Crippen LogP contribution in [0.25, 0.3) is 0 Å². The van der Waals surface area contributed by atoms with E-state index in [1.165, 1.54) is 0 Å². The smallest absolute Gasteiger partial charge is 0.107 e. The van der Waals surface area contributed by atoms with E-state index in [2.05, 4.69) is 4.98 Å². The van der Waals surface area contributed by atoms with E-state index in [0.717, 1.165) is 0 Å². The molecule has 128 valence electrons. The Morgan fingerprint density at radius 1 is 1.04 bits per heavy atom. The average molecular weight is 321 g/mol. The summed E-state index contributed by atoms with van der Waals surface area (Å²) in [6.45, 7) is 3.40. The quantitative estimate of drug-likeness (QED) is 0.663. The minimum absolute atomic E-state index is 0.459. The molecule has 3 rings (SSSR count). The van der Waals surface area contributed by atoms with Crippen LogP contribution in [0.3, 0.4) is 0 Å². The Bertz CT molecular complexity index is 543. The predicted octanol–water partition coefficient (Wildman–Crippen LogP) is 1.57. The van der Waals surface area contributed by atoms with Gasteiger partial charge in [-0.15, -0.1) is 0 Å². The van der Waals surface area contributed by atoms with E-state index in [1.807, 2.05) is 0 Å². The molecule has 1 aromatic heterocycles. The topological polar surface area (TPSA) is 93.8 Å². The summed E-state index contributed by atoms with van der Waals surface area (Å²) in [5, 5.41) is 41.5. The first-order valence-electron chi connectivity index (χ1n) is 8.45. The van der Waals surface area contributed by atoms with Gasteiger partial charge in [-0.2, -0.15) is 0 Å². The molecule has 0 bridgehead atoms. The number of hydrogen-bond donors (Lipinski definition) is 4. The molecule has 5 nitrogen and oxygen atoms in total. The summed E-state index contributed by atoms with van der Waals surface area (Å²) in [6, 6.07) is 3.57. The molecule has 5 heteroatoms. The van der Waals surface area contributed by atoms with Crippen molar-refractivity contribution in [3.05, 3.63) is 29.6 Å². The van der Waals surface area contributed by atoms with Crippen molar-refractivity contribution in [1.29, 1.82) is 0 Å². The lowest BCUT2D eigenvalue weighted by molar-refractivity contribution is -0.107. The largest absolute Gasteiger partial charge is 0.392 e. The number of aliphatic hydroxyl groups excluding tert-OH is 2. The molecule has 4 N–H and O–H groups in total. The van der Waals surface area contributed by atoms with Gasteiger partial charge in [-0.25, -0.2) is 0 Å². The average Bonchev–Trinajstić information content (AvgIpc) is 2.78. The van der Waals surface area contributed by atoms with Gasteiger partial charge in [-0.05, 0) is 58.4 Å². The van der Waals surface area contributed by atoms with Crippen LogP contribution in [0.15, 0.2) is 18.3 Å². The Balaban J connectivity index is 1.77. The monoisotopic (exact) mass is 321 g/mol. The molecule has 1 heterocycles. The molecule has 2 saturated carbocycles. The van der Waals surface area contributed by atoms with E-state index in [0.29, 0.717) is 49.8 Å². The first kappa shape index (κ1) is 16.8. The summed E-state index contributed by atoms with van der Waals surface area (Å²) in [6.07, 6.45) is 4.08. The van der Waals surface area contributed by atoms with E-state index < -0.39 is 28.8 Å². The number of pyridine rings is 1. The zero-order valence-corrected chi connectivity index (χ0v) is 13.9. The number of aromatic nitrogens is 1. The maximum Gasteiger partial charge on any atom is 0.107 e. The molecule has 0 radical (unpaired) electrons. The van der Waals surface area contributed by atoms with E-state index in [-0.39, 0.29) is 0 Å². The van der Waals surface area contributed by atoms with Gasteiger partial charge in [0.05, 0.1) is 23.5 Å². The maximum atomic E-state index is 11.0. The number of nitrogens with zero attached hydrogens (tertiary/aromatic N) is 1. The molecule has 1 aromatic rings. The van der Waals surface area contributed by atoms with Crippen LogP contribution >= 0.6 is 0 Å². The Morgan fingerprint density at radius 2 is 1.61 bits per heavy atom. The molecule has 0 aliphatic heterocycles. The highest BCUT2D eigenvalue weighted by Crippen LogP contribution is 2.53. The van der Waals surface area contributed by atoms with Gasteiger partial charge >= 0.3 is 0 Å². The van der Waals surface area contributed by atoms with Crippen molar-refractivity contribution in [1.82, 2.24) is 4.98 Å². The lowest BCUT2D eigenvalue weighted by atomic mass is 9.65. The number of rotatable bonds is 2. The van der Waals surface area contributed by atoms with Crippen molar-refractivity contribution in [3.8, 4) is 0 Å². The SMILES string of the molecule is CC(C)(O)c1ccc(C2(O)CCC3(CC2)C(O)CCC3O)nc1. The highest BCUT2D eigenvalue weighted by Gasteiger charge is 2.53. The zero-order chi connectivity index (χ0) is 16.9. The van der Waals surface area contributed by atoms with E-state index in [1.54, 1.807) is 32.2 Å². The molecule has 2 fully saturated rings. The molecular weight excluding hydrogens is 294 g/mol. The standard InChI is InChI=1S/C18H27NO4/c1-16(2,22)12-3-4-13(19-11-12)18(23)9-7-17(8-10-18)14(20)5-6-15(17)21/h3-4,11,14-15,20-23H,5-10H2,1-2H3. The van der Waals surface area contributed by atoms with Gasteiger partial charge in [0.1, 0.15) is 5.60 Å². The predicted molar refractivity (Wildman–Crippen MR) is 85.5 cm³/mol. The van der Waals surface area contributed by atoms with Gasteiger partial charge in [0.2, 0.25) is 0 Å². The second kappa shape index (κ2) is 5.52. The summed E-state index contributed by atoms with van der Waals surface area (Å²) < 4.78 is 0. The fourth-order valence-corrected chi connectivity index (χ4v) is 4.20. The van der Waals surface area contributed by atoms with Crippen LogP contribution in [0.4, 0.5) is 0 Å². The van der Waals surface area contributed by atoms with Crippen molar-refractivity contribution < 1.29 is 20.4 Å². The molecule has 0 amide bonds. The van der Waals surface area contributed by atoms with E-state index >= 15 is 0 Å². The van der Waals surface area contributed by atoms with Gasteiger partial charge < -0.3 is 20.4 Å². The fraction of sp³-hybridized carbons (Fsp3) is 0.722. The highest BCUT2D eigenvalue weighted by atomic mass is 16.3. The Kier molecular flexibility index (Phi) is 4.04. The molecule has 0 aromatic carbocycles. The first-order chi connectivity index (χ1) is 10.7. The molecule has 1 spiro atoms. The molecular formula is C18H27NO4. The third kappa shape index (κ3) is 2.80. The fourth-order valence-electron chi connectivity index (χ4n) is 4.20. The minimum atomic E-state index is -1.02. The Labute approximate surface area is 137 Å². The van der Waals surface area contributed by atoms with Crippen LogP contribution in [-0.2, 0) is 11.2 Å². The van der Waals surface area contributed by atoms with Crippen molar-refractivity contribution in [2.45, 2.75) is 75.8 Å². The van der Waals surface area contributed by atoms with Crippen molar-refractivity contribution >= 4 is 0 Å². The third-order valence-corrected chi connectivity index (χ3v) is 6.00. The number of aliphatic hydroxyl groups is 4. The summed E-state index contributed by atoms with van der Waals surface area (Å²) >= 11 is 0. The van der Waals surface area contributed by atoms with Crippen LogP contribution in [0.2, 0.25) is 0 Å². The van der Waals surface area contributed by atoms with Crippen molar-refractivity contribution in [2.24, 2.45) is 5.41 Å². The molecule has 2 aliphatic carbocycles. The van der Waals surface area contributed by atoms with Crippen LogP contribution in [0.1, 0.15) is 63.6 Å². The number of hydrogen-bond acceptors (Lipinski definition) is 5. The molecule has 0 saturated heterocycles. The minimum Gasteiger partial charge on any atom is -0.392 e. The molecule has 23 heavy (non-hydrogen) atoms. The molecule has 2 aliphatic rings. The normalized spacial score (nSPS) is 38.2. The highest BCUT2D eigenvalue weighted by molar-refractivity contribution is 5.23. The van der Waals surface area contributed by atoms with Gasteiger partial charge in [0.15, 0.2) is 0 Å². The molecule has 2 atom stereocenters. The summed E-state index contributed by atoms with van der Waals surface area (Å²) in [5.74, 6) is 0. The maximum absolute atomic E-state index is 11.0. The second-order valence-corrected chi connectivity index (χ2v) is 7.86. The summed E-state index contributed by atoms with van der Waals surface area (Å²) in [4.78, 5) is 4.36. The first-order valence-corrected chi connectivity index (χ1v) is 8.45. The van der Waals surface area contributed by atoms with Gasteiger partial charge in [-0.3, -0.25) is 4.98 Å². The van der Waals surface area contributed by atoms with E-state index in [4.69, 9.17) is 0 Å². The van der Waals surface area contributed by atoms with Gasteiger partial charge in [0.25, 0.3) is 0 Å². The van der Waals surface area contributed by atoms with Crippen LogP contribution in [0.5, 0.6) is 0 Å². The van der Waals surface area contributed by atoms with Gasteiger partial charge in [0, 0.05) is 17.2 Å².